The van der Waals surface area contributed by atoms with E-state index >= 15 is 0 Å². The van der Waals surface area contributed by atoms with Gasteiger partial charge >= 0.3 is 0 Å². The van der Waals surface area contributed by atoms with Crippen molar-refractivity contribution in [2.45, 2.75) is 26.4 Å². The fourth-order valence-electron chi connectivity index (χ4n) is 3.59. The Labute approximate surface area is 197 Å². The highest BCUT2D eigenvalue weighted by Crippen LogP contribution is 2.18. The topological polar surface area (TPSA) is 46.1 Å². The van der Waals surface area contributed by atoms with Crippen LogP contribution in [0.3, 0.4) is 0 Å². The zero-order valence-corrected chi connectivity index (χ0v) is 20.4. The molecule has 1 aliphatic rings. The van der Waals surface area contributed by atoms with Gasteiger partial charge in [0.05, 0.1) is 20.3 Å². The van der Waals surface area contributed by atoms with Gasteiger partial charge in [-0.05, 0) is 43.0 Å². The molecule has 0 radical (unpaired) electrons. The second kappa shape index (κ2) is 13.5. The quantitative estimate of drug-likeness (QED) is 0.302. The molecule has 1 heterocycles. The van der Waals surface area contributed by atoms with E-state index in [1.807, 2.05) is 18.2 Å². The average molecular weight is 523 g/mol. The number of ether oxygens (including phenoxy) is 2. The summed E-state index contributed by atoms with van der Waals surface area (Å²) in [7, 11) is 1.69. The number of nitrogens with one attached hydrogen (secondary N) is 1. The summed E-state index contributed by atoms with van der Waals surface area (Å²) in [6.07, 6.45) is 2.08. The smallest absolute Gasteiger partial charge is 0.193 e. The molecule has 2 aromatic rings. The molecule has 30 heavy (non-hydrogen) atoms. The van der Waals surface area contributed by atoms with Gasteiger partial charge < -0.3 is 19.7 Å². The Kier molecular flexibility index (Phi) is 11.0. The Balaban J connectivity index is 0.00000320. The standard InChI is InChI=1S/C24H33N3O2.HI/c1-3-25-24(26-15-13-20-9-11-23(28-2)12-10-20)27-16-14-22(17-27)19-29-18-21-7-5-4-6-8-21;/h4-12,22H,3,13-19H2,1-2H3,(H,25,26);1H. The summed E-state index contributed by atoms with van der Waals surface area (Å²) >= 11 is 0. The molecule has 1 N–H and O–H groups in total. The molecule has 1 fully saturated rings. The van der Waals surface area contributed by atoms with Crippen molar-refractivity contribution in [3.63, 3.8) is 0 Å². The lowest BCUT2D eigenvalue weighted by Gasteiger charge is -2.21. The minimum atomic E-state index is 0. The molecular formula is C24H34IN3O2. The minimum absolute atomic E-state index is 0. The largest absolute Gasteiger partial charge is 0.497 e. The maximum absolute atomic E-state index is 5.95. The molecule has 6 heteroatoms. The van der Waals surface area contributed by atoms with Crippen LogP contribution >= 0.6 is 24.0 Å². The van der Waals surface area contributed by atoms with Crippen LogP contribution in [0.15, 0.2) is 59.6 Å². The molecule has 0 aliphatic carbocycles. The number of halogens is 1. The van der Waals surface area contributed by atoms with Crippen LogP contribution in [0.2, 0.25) is 0 Å². The first-order valence-corrected chi connectivity index (χ1v) is 10.6. The number of likely N-dealkylation sites (tertiary alicyclic amines) is 1. The van der Waals surface area contributed by atoms with E-state index in [0.29, 0.717) is 12.5 Å². The van der Waals surface area contributed by atoms with Crippen molar-refractivity contribution in [1.29, 1.82) is 0 Å². The van der Waals surface area contributed by atoms with Crippen molar-refractivity contribution in [2.75, 3.05) is 39.9 Å². The van der Waals surface area contributed by atoms with Gasteiger partial charge in [-0.1, -0.05) is 42.5 Å². The van der Waals surface area contributed by atoms with Crippen molar-refractivity contribution < 1.29 is 9.47 Å². The Morgan fingerprint density at radius 2 is 1.87 bits per heavy atom. The number of rotatable bonds is 9. The lowest BCUT2D eigenvalue weighted by atomic mass is 10.1. The van der Waals surface area contributed by atoms with E-state index in [0.717, 1.165) is 57.3 Å². The SMILES string of the molecule is CCNC(=NCCc1ccc(OC)cc1)N1CCC(COCc2ccccc2)C1.I. The molecule has 0 bridgehead atoms. The molecule has 0 aromatic heterocycles. The van der Waals surface area contributed by atoms with E-state index in [1.165, 1.54) is 11.1 Å². The molecular weight excluding hydrogens is 489 g/mol. The Morgan fingerprint density at radius 1 is 1.10 bits per heavy atom. The van der Waals surface area contributed by atoms with Gasteiger partial charge in [-0.15, -0.1) is 24.0 Å². The second-order valence-electron chi connectivity index (χ2n) is 7.44. The van der Waals surface area contributed by atoms with E-state index in [2.05, 4.69) is 53.5 Å². The van der Waals surface area contributed by atoms with E-state index in [9.17, 15) is 0 Å². The first kappa shape index (κ1) is 24.5. The minimum Gasteiger partial charge on any atom is -0.497 e. The van der Waals surface area contributed by atoms with Crippen LogP contribution in [-0.2, 0) is 17.8 Å². The third kappa shape index (κ3) is 7.80. The third-order valence-electron chi connectivity index (χ3n) is 5.21. The van der Waals surface area contributed by atoms with Crippen LogP contribution in [0.1, 0.15) is 24.5 Å². The number of hydrogen-bond donors (Lipinski definition) is 1. The predicted molar refractivity (Wildman–Crippen MR) is 134 cm³/mol. The van der Waals surface area contributed by atoms with Crippen LogP contribution < -0.4 is 10.1 Å². The van der Waals surface area contributed by atoms with Gasteiger partial charge in [0.2, 0.25) is 0 Å². The van der Waals surface area contributed by atoms with Crippen LogP contribution in [0.25, 0.3) is 0 Å². The molecule has 0 saturated carbocycles. The van der Waals surface area contributed by atoms with Gasteiger partial charge in [-0.25, -0.2) is 0 Å². The highest BCUT2D eigenvalue weighted by molar-refractivity contribution is 14.0. The van der Waals surface area contributed by atoms with Gasteiger partial charge in [0.15, 0.2) is 5.96 Å². The molecule has 1 unspecified atom stereocenters. The van der Waals surface area contributed by atoms with E-state index in [1.54, 1.807) is 7.11 Å². The molecule has 1 aliphatic heterocycles. The van der Waals surface area contributed by atoms with Crippen molar-refractivity contribution in [3.05, 3.63) is 65.7 Å². The summed E-state index contributed by atoms with van der Waals surface area (Å²) in [6, 6.07) is 18.6. The van der Waals surface area contributed by atoms with Gasteiger partial charge in [0.25, 0.3) is 0 Å². The van der Waals surface area contributed by atoms with E-state index < -0.39 is 0 Å². The van der Waals surface area contributed by atoms with Crippen molar-refractivity contribution in [1.82, 2.24) is 10.2 Å². The molecule has 2 aromatic carbocycles. The van der Waals surface area contributed by atoms with Crippen LogP contribution in [-0.4, -0.2) is 50.8 Å². The Bertz CT molecular complexity index is 753. The van der Waals surface area contributed by atoms with Crippen LogP contribution in [0.5, 0.6) is 5.75 Å². The van der Waals surface area contributed by atoms with Gasteiger partial charge in [-0.2, -0.15) is 0 Å². The monoisotopic (exact) mass is 523 g/mol. The molecule has 5 nitrogen and oxygen atoms in total. The predicted octanol–water partition coefficient (Wildman–Crippen LogP) is 4.36. The summed E-state index contributed by atoms with van der Waals surface area (Å²) in [5.74, 6) is 2.47. The number of benzene rings is 2. The first-order valence-electron chi connectivity index (χ1n) is 10.6. The lowest BCUT2D eigenvalue weighted by Crippen LogP contribution is -2.40. The number of nitrogens with zero attached hydrogens (tertiary/aromatic N) is 2. The van der Waals surface area contributed by atoms with Crippen LogP contribution in [0, 0.1) is 5.92 Å². The van der Waals surface area contributed by atoms with Crippen LogP contribution in [0.4, 0.5) is 0 Å². The average Bonchev–Trinajstić information content (AvgIpc) is 3.23. The molecule has 0 spiro atoms. The zero-order valence-electron chi connectivity index (χ0n) is 18.0. The number of guanidine groups is 1. The Morgan fingerprint density at radius 3 is 2.57 bits per heavy atom. The summed E-state index contributed by atoms with van der Waals surface area (Å²) in [6.45, 7) is 7.31. The molecule has 1 saturated heterocycles. The van der Waals surface area contributed by atoms with Crippen molar-refractivity contribution in [2.24, 2.45) is 10.9 Å². The Hall–Kier alpha value is -1.80. The summed E-state index contributed by atoms with van der Waals surface area (Å²) in [5.41, 5.74) is 2.51. The third-order valence-corrected chi connectivity index (χ3v) is 5.21. The summed E-state index contributed by atoms with van der Waals surface area (Å²) < 4.78 is 11.2. The number of aliphatic imine (C=N–C) groups is 1. The second-order valence-corrected chi connectivity index (χ2v) is 7.44. The summed E-state index contributed by atoms with van der Waals surface area (Å²) in [4.78, 5) is 7.22. The zero-order chi connectivity index (χ0) is 20.3. The molecule has 0 amide bonds. The molecule has 1 atom stereocenters. The van der Waals surface area contributed by atoms with Gasteiger partial charge in [-0.3, -0.25) is 4.99 Å². The fourth-order valence-corrected chi connectivity index (χ4v) is 3.59. The van der Waals surface area contributed by atoms with E-state index in [-0.39, 0.29) is 24.0 Å². The number of hydrogen-bond acceptors (Lipinski definition) is 3. The number of methoxy groups -OCH3 is 1. The van der Waals surface area contributed by atoms with Gasteiger partial charge in [0, 0.05) is 32.1 Å². The molecule has 3 rings (SSSR count). The maximum atomic E-state index is 5.95. The van der Waals surface area contributed by atoms with Crippen molar-refractivity contribution in [3.8, 4) is 5.75 Å². The lowest BCUT2D eigenvalue weighted by molar-refractivity contribution is 0.0907. The maximum Gasteiger partial charge on any atom is 0.193 e. The van der Waals surface area contributed by atoms with Crippen molar-refractivity contribution >= 4 is 29.9 Å². The fraction of sp³-hybridized carbons (Fsp3) is 0.458. The normalized spacial score (nSPS) is 16.3. The van der Waals surface area contributed by atoms with Gasteiger partial charge in [0.1, 0.15) is 5.75 Å². The highest BCUT2D eigenvalue weighted by Gasteiger charge is 2.24. The summed E-state index contributed by atoms with van der Waals surface area (Å²) in [5, 5.41) is 3.45. The molecule has 164 valence electrons. The highest BCUT2D eigenvalue weighted by atomic mass is 127. The first-order chi connectivity index (χ1) is 14.3. The van der Waals surface area contributed by atoms with E-state index in [4.69, 9.17) is 14.5 Å².